The summed E-state index contributed by atoms with van der Waals surface area (Å²) in [6, 6.07) is 7.00. The molecule has 1 saturated heterocycles. The van der Waals surface area contributed by atoms with E-state index < -0.39 is 10.0 Å². The zero-order valence-electron chi connectivity index (χ0n) is 20.3. The Morgan fingerprint density at radius 1 is 1.20 bits per heavy atom. The molecule has 190 valence electrons. The van der Waals surface area contributed by atoms with Gasteiger partial charge < -0.3 is 10.1 Å². The highest BCUT2D eigenvalue weighted by Gasteiger charge is 2.35. The van der Waals surface area contributed by atoms with Gasteiger partial charge in [-0.25, -0.2) is 13.2 Å². The third kappa shape index (κ3) is 5.45. The average Bonchev–Trinajstić information content (AvgIpc) is 3.20. The number of hydrogen-bond donors (Lipinski definition) is 1. The molecule has 0 saturated carbocycles. The highest BCUT2D eigenvalue weighted by molar-refractivity contribution is 7.99. The minimum atomic E-state index is -3.62. The van der Waals surface area contributed by atoms with Crippen molar-refractivity contribution in [2.24, 2.45) is 11.8 Å². The Morgan fingerprint density at radius 2 is 1.91 bits per heavy atom. The number of piperidine rings is 1. The maximum absolute atomic E-state index is 13.2. The molecule has 2 aromatic rings. The zero-order valence-corrected chi connectivity index (χ0v) is 22.8. The van der Waals surface area contributed by atoms with Crippen molar-refractivity contribution in [2.45, 2.75) is 55.7 Å². The number of benzene rings is 1. The molecule has 1 aromatic carbocycles. The Balaban J connectivity index is 1.47. The number of rotatable bonds is 7. The van der Waals surface area contributed by atoms with Crippen molar-refractivity contribution >= 4 is 50.0 Å². The van der Waals surface area contributed by atoms with Gasteiger partial charge in [0.2, 0.25) is 15.9 Å². The van der Waals surface area contributed by atoms with Gasteiger partial charge in [-0.15, -0.1) is 23.1 Å². The molecule has 0 bridgehead atoms. The second-order valence-electron chi connectivity index (χ2n) is 9.09. The molecule has 1 fully saturated rings. The lowest BCUT2D eigenvalue weighted by Gasteiger charge is -2.31. The first-order valence-corrected chi connectivity index (χ1v) is 15.5. The highest BCUT2D eigenvalue weighted by Crippen LogP contribution is 2.40. The summed E-state index contributed by atoms with van der Waals surface area (Å²) in [7, 11) is -3.62. The lowest BCUT2D eigenvalue weighted by molar-refractivity contribution is -0.120. The standard InChI is InChI=1S/C25H32N2O5S3/c1-4-32-25(29)22-18-10-9-16(2)15-20(18)34-24(22)26-23(28)17-11-13-27(14-12-17)35(30,31)21-8-6-5-7-19(21)33-3/h5-8,16-17H,4,9-15H2,1-3H3,(H,26,28). The van der Waals surface area contributed by atoms with Gasteiger partial charge in [-0.1, -0.05) is 19.1 Å². The topological polar surface area (TPSA) is 92.8 Å². The molecule has 10 heteroatoms. The van der Waals surface area contributed by atoms with E-state index in [-0.39, 0.29) is 37.5 Å². The SMILES string of the molecule is CCOC(=O)c1c(NC(=O)C2CCN(S(=O)(=O)c3ccccc3SC)CC2)sc2c1CCC(C)C2. The van der Waals surface area contributed by atoms with E-state index in [1.54, 1.807) is 25.1 Å². The number of sulfonamides is 1. The number of ether oxygens (including phenoxy) is 1. The van der Waals surface area contributed by atoms with Gasteiger partial charge in [0.1, 0.15) is 5.00 Å². The number of fused-ring (bicyclic) bond motifs is 1. The lowest BCUT2D eigenvalue weighted by Crippen LogP contribution is -2.41. The molecular weight excluding hydrogens is 504 g/mol. The summed E-state index contributed by atoms with van der Waals surface area (Å²) in [6.45, 7) is 4.82. The van der Waals surface area contributed by atoms with Crippen LogP contribution in [0.15, 0.2) is 34.1 Å². The fourth-order valence-corrected chi connectivity index (χ4v) is 8.80. The number of anilines is 1. The minimum Gasteiger partial charge on any atom is -0.462 e. The molecule has 0 radical (unpaired) electrons. The van der Waals surface area contributed by atoms with Crippen LogP contribution in [0.3, 0.4) is 0 Å². The van der Waals surface area contributed by atoms with Crippen LogP contribution in [0.5, 0.6) is 0 Å². The van der Waals surface area contributed by atoms with Gasteiger partial charge in [0.05, 0.1) is 17.1 Å². The van der Waals surface area contributed by atoms with E-state index in [1.165, 1.54) is 27.4 Å². The molecule has 1 atom stereocenters. The molecule has 1 N–H and O–H groups in total. The average molecular weight is 537 g/mol. The van der Waals surface area contributed by atoms with Gasteiger partial charge in [0.25, 0.3) is 0 Å². The predicted molar refractivity (Wildman–Crippen MR) is 140 cm³/mol. The summed E-state index contributed by atoms with van der Waals surface area (Å²) in [5, 5.41) is 3.57. The summed E-state index contributed by atoms with van der Waals surface area (Å²) in [6.07, 6.45) is 5.45. The Morgan fingerprint density at radius 3 is 2.60 bits per heavy atom. The van der Waals surface area contributed by atoms with E-state index in [2.05, 4.69) is 12.2 Å². The number of thioether (sulfide) groups is 1. The van der Waals surface area contributed by atoms with Crippen LogP contribution in [-0.2, 0) is 32.4 Å². The van der Waals surface area contributed by atoms with Crippen LogP contribution in [0.2, 0.25) is 0 Å². The first-order valence-electron chi connectivity index (χ1n) is 12.0. The number of amides is 1. The summed E-state index contributed by atoms with van der Waals surface area (Å²) in [5.41, 5.74) is 1.51. The van der Waals surface area contributed by atoms with Crippen molar-refractivity contribution in [3.8, 4) is 0 Å². The van der Waals surface area contributed by atoms with Crippen molar-refractivity contribution in [1.82, 2.24) is 4.31 Å². The van der Waals surface area contributed by atoms with E-state index in [0.717, 1.165) is 34.6 Å². The van der Waals surface area contributed by atoms with Crippen molar-refractivity contribution in [2.75, 3.05) is 31.3 Å². The fourth-order valence-electron chi connectivity index (χ4n) is 4.80. The third-order valence-electron chi connectivity index (χ3n) is 6.74. The van der Waals surface area contributed by atoms with Gasteiger partial charge in [-0.2, -0.15) is 4.31 Å². The second kappa shape index (κ2) is 11.0. The summed E-state index contributed by atoms with van der Waals surface area (Å²) in [4.78, 5) is 28.1. The highest BCUT2D eigenvalue weighted by atomic mass is 32.2. The Bertz CT molecular complexity index is 1200. The second-order valence-corrected chi connectivity index (χ2v) is 13.0. The summed E-state index contributed by atoms with van der Waals surface area (Å²) < 4.78 is 33.2. The zero-order chi connectivity index (χ0) is 25.2. The smallest absolute Gasteiger partial charge is 0.341 e. The Labute approximate surface area is 215 Å². The van der Waals surface area contributed by atoms with Gasteiger partial charge >= 0.3 is 5.97 Å². The van der Waals surface area contributed by atoms with Crippen LogP contribution in [0, 0.1) is 11.8 Å². The molecule has 0 spiro atoms. The molecule has 4 rings (SSSR count). The molecule has 1 aromatic heterocycles. The molecule has 35 heavy (non-hydrogen) atoms. The van der Waals surface area contributed by atoms with Crippen LogP contribution in [0.1, 0.15) is 53.9 Å². The summed E-state index contributed by atoms with van der Waals surface area (Å²) in [5.74, 6) is -0.320. The van der Waals surface area contributed by atoms with E-state index >= 15 is 0 Å². The van der Waals surface area contributed by atoms with Crippen LogP contribution in [0.25, 0.3) is 0 Å². The number of nitrogens with one attached hydrogen (secondary N) is 1. The van der Waals surface area contributed by atoms with Crippen molar-refractivity contribution in [3.05, 3.63) is 40.3 Å². The minimum absolute atomic E-state index is 0.163. The molecule has 2 heterocycles. The lowest BCUT2D eigenvalue weighted by atomic mass is 9.88. The third-order valence-corrected chi connectivity index (χ3v) is 10.8. The first-order chi connectivity index (χ1) is 16.8. The van der Waals surface area contributed by atoms with Gasteiger partial charge in [-0.05, 0) is 68.9 Å². The maximum Gasteiger partial charge on any atom is 0.341 e. The number of carbonyl (C=O) groups excluding carboxylic acids is 2. The van der Waals surface area contributed by atoms with Crippen LogP contribution < -0.4 is 5.32 Å². The number of nitrogens with zero attached hydrogens (tertiary/aromatic N) is 1. The monoisotopic (exact) mass is 536 g/mol. The fraction of sp³-hybridized carbons (Fsp3) is 0.520. The van der Waals surface area contributed by atoms with Crippen LogP contribution in [-0.4, -0.2) is 50.6 Å². The van der Waals surface area contributed by atoms with Gasteiger partial charge in [0.15, 0.2) is 0 Å². The molecule has 1 aliphatic heterocycles. The first kappa shape index (κ1) is 26.2. The van der Waals surface area contributed by atoms with E-state index in [4.69, 9.17) is 4.74 Å². The number of thiophene rings is 1. The molecular formula is C25H32N2O5S3. The quantitative estimate of drug-likeness (QED) is 0.403. The largest absolute Gasteiger partial charge is 0.462 e. The van der Waals surface area contributed by atoms with Crippen molar-refractivity contribution in [1.29, 1.82) is 0 Å². The Kier molecular flexibility index (Phi) is 8.25. The summed E-state index contributed by atoms with van der Waals surface area (Å²) >= 11 is 2.88. The van der Waals surface area contributed by atoms with Crippen molar-refractivity contribution < 1.29 is 22.7 Å². The maximum atomic E-state index is 13.2. The van der Waals surface area contributed by atoms with E-state index in [1.807, 2.05) is 12.3 Å². The van der Waals surface area contributed by atoms with Gasteiger partial charge in [0, 0.05) is 28.8 Å². The number of hydrogen-bond acceptors (Lipinski definition) is 7. The van der Waals surface area contributed by atoms with Crippen molar-refractivity contribution in [3.63, 3.8) is 0 Å². The molecule has 2 aliphatic rings. The van der Waals surface area contributed by atoms with Gasteiger partial charge in [-0.3, -0.25) is 4.79 Å². The normalized spacial score (nSPS) is 19.2. The molecule has 7 nitrogen and oxygen atoms in total. The van der Waals surface area contributed by atoms with E-state index in [9.17, 15) is 18.0 Å². The van der Waals surface area contributed by atoms with E-state index in [0.29, 0.717) is 34.2 Å². The molecule has 1 amide bonds. The van der Waals surface area contributed by atoms with Crippen LogP contribution >= 0.6 is 23.1 Å². The number of carbonyl (C=O) groups is 2. The molecule has 1 aliphatic carbocycles. The number of esters is 1. The Hall–Kier alpha value is -1.88. The molecule has 1 unspecified atom stereocenters. The van der Waals surface area contributed by atoms with Crippen LogP contribution in [0.4, 0.5) is 5.00 Å². The predicted octanol–water partition coefficient (Wildman–Crippen LogP) is 4.81.